The molecule has 2 aromatic heterocycles. The number of carbonyl (C=O) groups excluding carboxylic acids is 1. The van der Waals surface area contributed by atoms with E-state index in [-0.39, 0.29) is 11.9 Å². The Kier molecular flexibility index (Phi) is 5.73. The van der Waals surface area contributed by atoms with Crippen LogP contribution in [-0.2, 0) is 12.8 Å². The summed E-state index contributed by atoms with van der Waals surface area (Å²) in [5, 5.41) is 4.22. The average Bonchev–Trinajstić information content (AvgIpc) is 3.45. The van der Waals surface area contributed by atoms with Gasteiger partial charge in [0.2, 0.25) is 0 Å². The van der Waals surface area contributed by atoms with Crippen molar-refractivity contribution < 1.29 is 9.21 Å². The van der Waals surface area contributed by atoms with Gasteiger partial charge in [-0.1, -0.05) is 36.8 Å². The summed E-state index contributed by atoms with van der Waals surface area (Å²) >= 11 is 1.77. The van der Waals surface area contributed by atoms with Crippen LogP contribution in [0.25, 0.3) is 0 Å². The molecule has 1 aliphatic heterocycles. The predicted molar refractivity (Wildman–Crippen MR) is 121 cm³/mol. The SMILES string of the molecule is O=C(Nc1sc2c(c1C(c1ccccc1)N1CCCCC1)CCCC2)c1ccco1. The van der Waals surface area contributed by atoms with Gasteiger partial charge >= 0.3 is 0 Å². The third-order valence-electron chi connectivity index (χ3n) is 6.33. The third-order valence-corrected chi connectivity index (χ3v) is 7.55. The predicted octanol–water partition coefficient (Wildman–Crippen LogP) is 6.05. The largest absolute Gasteiger partial charge is 0.459 e. The molecule has 0 spiro atoms. The first kappa shape index (κ1) is 19.6. The average molecular weight is 421 g/mol. The first-order valence-corrected chi connectivity index (χ1v) is 11.9. The van der Waals surface area contributed by atoms with Gasteiger partial charge in [0.05, 0.1) is 12.3 Å². The molecule has 1 amide bonds. The van der Waals surface area contributed by atoms with Crippen molar-refractivity contribution in [2.45, 2.75) is 51.0 Å². The highest BCUT2D eigenvalue weighted by Gasteiger charge is 2.32. The van der Waals surface area contributed by atoms with Crippen LogP contribution in [0.4, 0.5) is 5.00 Å². The normalized spacial score (nSPS) is 18.0. The van der Waals surface area contributed by atoms with E-state index in [0.717, 1.165) is 30.9 Å². The number of fused-ring (bicyclic) bond motifs is 1. The van der Waals surface area contributed by atoms with Crippen LogP contribution in [-0.4, -0.2) is 23.9 Å². The minimum atomic E-state index is -0.162. The molecule has 2 aliphatic rings. The summed E-state index contributed by atoms with van der Waals surface area (Å²) in [4.78, 5) is 16.9. The molecule has 1 aliphatic carbocycles. The molecule has 30 heavy (non-hydrogen) atoms. The summed E-state index contributed by atoms with van der Waals surface area (Å²) in [6.45, 7) is 2.21. The Morgan fingerprint density at radius 2 is 1.77 bits per heavy atom. The number of hydrogen-bond donors (Lipinski definition) is 1. The summed E-state index contributed by atoms with van der Waals surface area (Å²) < 4.78 is 5.35. The molecule has 5 heteroatoms. The van der Waals surface area contributed by atoms with Crippen molar-refractivity contribution in [2.24, 2.45) is 0 Å². The van der Waals surface area contributed by atoms with Crippen molar-refractivity contribution >= 4 is 22.2 Å². The quantitative estimate of drug-likeness (QED) is 0.547. The van der Waals surface area contributed by atoms with Crippen LogP contribution in [0.15, 0.2) is 53.1 Å². The van der Waals surface area contributed by atoms with Crippen LogP contribution in [0.2, 0.25) is 0 Å². The summed E-state index contributed by atoms with van der Waals surface area (Å²) in [6.07, 6.45) is 10.0. The van der Waals surface area contributed by atoms with Gasteiger partial charge in [0.25, 0.3) is 5.91 Å². The van der Waals surface area contributed by atoms with E-state index >= 15 is 0 Å². The molecule has 0 bridgehead atoms. The van der Waals surface area contributed by atoms with E-state index in [1.165, 1.54) is 53.7 Å². The maximum absolute atomic E-state index is 12.9. The van der Waals surface area contributed by atoms with Gasteiger partial charge in [0.15, 0.2) is 5.76 Å². The number of thiophene rings is 1. The Balaban J connectivity index is 1.60. The van der Waals surface area contributed by atoms with E-state index in [1.807, 2.05) is 0 Å². The van der Waals surface area contributed by atoms with Gasteiger partial charge in [-0.25, -0.2) is 0 Å². The van der Waals surface area contributed by atoms with E-state index in [1.54, 1.807) is 29.7 Å². The number of anilines is 1. The van der Waals surface area contributed by atoms with Crippen molar-refractivity contribution in [2.75, 3.05) is 18.4 Å². The molecule has 1 aromatic carbocycles. The van der Waals surface area contributed by atoms with Gasteiger partial charge in [0, 0.05) is 10.4 Å². The first-order chi connectivity index (χ1) is 14.8. The zero-order chi connectivity index (χ0) is 20.3. The number of nitrogens with zero attached hydrogens (tertiary/aromatic N) is 1. The Morgan fingerprint density at radius 3 is 2.53 bits per heavy atom. The molecule has 5 rings (SSSR count). The smallest absolute Gasteiger partial charge is 0.291 e. The number of benzene rings is 1. The molecular formula is C25H28N2O2S. The Hall–Kier alpha value is -2.37. The number of aryl methyl sites for hydroxylation is 1. The molecule has 156 valence electrons. The summed E-state index contributed by atoms with van der Waals surface area (Å²) in [6, 6.07) is 14.5. The van der Waals surface area contributed by atoms with E-state index in [4.69, 9.17) is 4.42 Å². The summed E-state index contributed by atoms with van der Waals surface area (Å²) in [5.74, 6) is 0.201. The molecule has 4 nitrogen and oxygen atoms in total. The molecule has 1 atom stereocenters. The number of nitrogens with one attached hydrogen (secondary N) is 1. The fraction of sp³-hybridized carbons (Fsp3) is 0.400. The standard InChI is InChI=1S/C25H28N2O2S/c28-24(20-13-9-17-29-20)26-25-22(19-12-5-6-14-21(19)30-25)23(18-10-3-1-4-11-18)27-15-7-2-8-16-27/h1,3-4,9-11,13,17,23H,2,5-8,12,14-16H2,(H,26,28). The van der Waals surface area contributed by atoms with Gasteiger partial charge in [0.1, 0.15) is 5.00 Å². The van der Waals surface area contributed by atoms with Crippen molar-refractivity contribution in [1.29, 1.82) is 0 Å². The van der Waals surface area contributed by atoms with Crippen LogP contribution >= 0.6 is 11.3 Å². The van der Waals surface area contributed by atoms with Crippen LogP contribution < -0.4 is 5.32 Å². The zero-order valence-corrected chi connectivity index (χ0v) is 18.0. The summed E-state index contributed by atoms with van der Waals surface area (Å²) in [7, 11) is 0. The lowest BCUT2D eigenvalue weighted by Crippen LogP contribution is -2.35. The Labute approximate surface area is 181 Å². The van der Waals surface area contributed by atoms with E-state index < -0.39 is 0 Å². The van der Waals surface area contributed by atoms with E-state index in [2.05, 4.69) is 40.5 Å². The minimum absolute atomic E-state index is 0.162. The number of rotatable bonds is 5. The molecule has 1 fully saturated rings. The number of carbonyl (C=O) groups is 1. The maximum Gasteiger partial charge on any atom is 0.291 e. The second-order valence-electron chi connectivity index (χ2n) is 8.29. The molecule has 3 heterocycles. The van der Waals surface area contributed by atoms with E-state index in [0.29, 0.717) is 5.76 Å². The topological polar surface area (TPSA) is 45.5 Å². The van der Waals surface area contributed by atoms with E-state index in [9.17, 15) is 4.79 Å². The van der Waals surface area contributed by atoms with Gasteiger partial charge < -0.3 is 9.73 Å². The molecule has 1 saturated heterocycles. The molecule has 0 saturated carbocycles. The highest BCUT2D eigenvalue weighted by Crippen LogP contribution is 2.46. The Bertz CT molecular complexity index is 988. The minimum Gasteiger partial charge on any atom is -0.459 e. The molecular weight excluding hydrogens is 392 g/mol. The number of piperidine rings is 1. The first-order valence-electron chi connectivity index (χ1n) is 11.1. The lowest BCUT2D eigenvalue weighted by Gasteiger charge is -2.36. The second kappa shape index (κ2) is 8.78. The van der Waals surface area contributed by atoms with Crippen LogP contribution in [0, 0.1) is 0 Å². The fourth-order valence-electron chi connectivity index (χ4n) is 4.92. The second-order valence-corrected chi connectivity index (χ2v) is 9.40. The van der Waals surface area contributed by atoms with Crippen molar-refractivity contribution in [3.05, 3.63) is 76.1 Å². The number of likely N-dealkylation sites (tertiary alicyclic amines) is 1. The van der Waals surface area contributed by atoms with Gasteiger partial charge in [-0.15, -0.1) is 11.3 Å². The van der Waals surface area contributed by atoms with Crippen molar-refractivity contribution in [3.63, 3.8) is 0 Å². The highest BCUT2D eigenvalue weighted by molar-refractivity contribution is 7.16. The number of hydrogen-bond acceptors (Lipinski definition) is 4. The third kappa shape index (κ3) is 3.84. The van der Waals surface area contributed by atoms with Crippen LogP contribution in [0.3, 0.4) is 0 Å². The highest BCUT2D eigenvalue weighted by atomic mass is 32.1. The van der Waals surface area contributed by atoms with Gasteiger partial charge in [-0.3, -0.25) is 9.69 Å². The summed E-state index contributed by atoms with van der Waals surface area (Å²) in [5.41, 5.74) is 4.11. The van der Waals surface area contributed by atoms with Gasteiger partial charge in [-0.2, -0.15) is 0 Å². The molecule has 3 aromatic rings. The van der Waals surface area contributed by atoms with Crippen LogP contribution in [0.1, 0.15) is 70.3 Å². The molecule has 0 radical (unpaired) electrons. The zero-order valence-electron chi connectivity index (χ0n) is 17.2. The van der Waals surface area contributed by atoms with Gasteiger partial charge in [-0.05, 0) is 74.9 Å². The lowest BCUT2D eigenvalue weighted by molar-refractivity contribution is 0.0996. The lowest BCUT2D eigenvalue weighted by atomic mass is 9.88. The maximum atomic E-state index is 12.9. The number of furan rings is 1. The Morgan fingerprint density at radius 1 is 0.967 bits per heavy atom. The molecule has 1 N–H and O–H groups in total. The number of amides is 1. The van der Waals surface area contributed by atoms with Crippen molar-refractivity contribution in [3.8, 4) is 0 Å². The van der Waals surface area contributed by atoms with Crippen molar-refractivity contribution in [1.82, 2.24) is 4.90 Å². The molecule has 1 unspecified atom stereocenters. The fourth-order valence-corrected chi connectivity index (χ4v) is 6.23. The van der Waals surface area contributed by atoms with Crippen LogP contribution in [0.5, 0.6) is 0 Å². The monoisotopic (exact) mass is 420 g/mol.